The van der Waals surface area contributed by atoms with Gasteiger partial charge in [0, 0.05) is 38.1 Å². The first-order valence-electron chi connectivity index (χ1n) is 5.63. The Labute approximate surface area is 110 Å². The standard InChI is InChI=1S/C13H13FN4O/c1-18(2)12-10(4-3-6-16-12)17-13(19)9-5-7-15-11(14)8-9/h3-8H,1-2H3,(H,17,19). The van der Waals surface area contributed by atoms with Crippen molar-refractivity contribution in [3.8, 4) is 0 Å². The average Bonchev–Trinajstić information content (AvgIpc) is 2.39. The summed E-state index contributed by atoms with van der Waals surface area (Å²) in [5, 5.41) is 2.70. The van der Waals surface area contributed by atoms with Gasteiger partial charge >= 0.3 is 0 Å². The first-order chi connectivity index (χ1) is 9.08. The van der Waals surface area contributed by atoms with E-state index in [-0.39, 0.29) is 5.56 Å². The zero-order chi connectivity index (χ0) is 13.8. The van der Waals surface area contributed by atoms with E-state index < -0.39 is 11.9 Å². The van der Waals surface area contributed by atoms with Gasteiger partial charge in [-0.15, -0.1) is 0 Å². The van der Waals surface area contributed by atoms with Gasteiger partial charge in [-0.05, 0) is 18.2 Å². The maximum atomic E-state index is 13.0. The van der Waals surface area contributed by atoms with E-state index in [2.05, 4.69) is 15.3 Å². The number of nitrogens with zero attached hydrogens (tertiary/aromatic N) is 3. The Balaban J connectivity index is 2.24. The second kappa shape index (κ2) is 5.43. The molecule has 1 N–H and O–H groups in total. The number of halogens is 1. The molecule has 2 aromatic heterocycles. The van der Waals surface area contributed by atoms with Crippen molar-refractivity contribution >= 4 is 17.4 Å². The van der Waals surface area contributed by atoms with Crippen LogP contribution in [0.2, 0.25) is 0 Å². The van der Waals surface area contributed by atoms with Crippen LogP contribution in [0.4, 0.5) is 15.9 Å². The van der Waals surface area contributed by atoms with E-state index >= 15 is 0 Å². The molecule has 0 saturated carbocycles. The van der Waals surface area contributed by atoms with Gasteiger partial charge in [0.15, 0.2) is 5.82 Å². The fraction of sp³-hybridized carbons (Fsp3) is 0.154. The number of carbonyl (C=O) groups excluding carboxylic acids is 1. The monoisotopic (exact) mass is 260 g/mol. The molecule has 0 atom stereocenters. The Kier molecular flexibility index (Phi) is 3.70. The van der Waals surface area contributed by atoms with Crippen LogP contribution in [0.3, 0.4) is 0 Å². The Morgan fingerprint density at radius 2 is 2.05 bits per heavy atom. The molecular formula is C13H13FN4O. The maximum absolute atomic E-state index is 13.0. The molecule has 0 unspecified atom stereocenters. The lowest BCUT2D eigenvalue weighted by Gasteiger charge is -2.16. The van der Waals surface area contributed by atoms with Crippen molar-refractivity contribution in [1.29, 1.82) is 0 Å². The molecule has 0 spiro atoms. The predicted octanol–water partition coefficient (Wildman–Crippen LogP) is 1.93. The number of hydrogen-bond donors (Lipinski definition) is 1. The minimum atomic E-state index is -0.688. The number of carbonyl (C=O) groups is 1. The predicted molar refractivity (Wildman–Crippen MR) is 70.7 cm³/mol. The fourth-order valence-electron chi connectivity index (χ4n) is 1.59. The van der Waals surface area contributed by atoms with Crippen LogP contribution in [0, 0.1) is 5.95 Å². The summed E-state index contributed by atoms with van der Waals surface area (Å²) in [6, 6.07) is 5.98. The summed E-state index contributed by atoms with van der Waals surface area (Å²) in [5.41, 5.74) is 0.774. The Bertz CT molecular complexity index is 601. The lowest BCUT2D eigenvalue weighted by atomic mass is 10.2. The maximum Gasteiger partial charge on any atom is 0.255 e. The molecule has 5 nitrogen and oxygen atoms in total. The first kappa shape index (κ1) is 12.9. The van der Waals surface area contributed by atoms with E-state index in [9.17, 15) is 9.18 Å². The molecule has 0 radical (unpaired) electrons. The van der Waals surface area contributed by atoms with Crippen molar-refractivity contribution in [3.05, 3.63) is 48.2 Å². The Hall–Kier alpha value is -2.50. The van der Waals surface area contributed by atoms with Gasteiger partial charge in [-0.2, -0.15) is 4.39 Å². The number of amides is 1. The summed E-state index contributed by atoms with van der Waals surface area (Å²) in [6.07, 6.45) is 2.89. The summed E-state index contributed by atoms with van der Waals surface area (Å²) >= 11 is 0. The highest BCUT2D eigenvalue weighted by molar-refractivity contribution is 6.05. The van der Waals surface area contributed by atoms with Gasteiger partial charge in [-0.1, -0.05) is 0 Å². The summed E-state index contributed by atoms with van der Waals surface area (Å²) in [6.45, 7) is 0. The first-order valence-corrected chi connectivity index (χ1v) is 5.63. The van der Waals surface area contributed by atoms with Crippen LogP contribution in [0.1, 0.15) is 10.4 Å². The van der Waals surface area contributed by atoms with Gasteiger partial charge in [0.05, 0.1) is 5.69 Å². The molecule has 0 saturated heterocycles. The molecule has 98 valence electrons. The van der Waals surface area contributed by atoms with Crippen molar-refractivity contribution < 1.29 is 9.18 Å². The van der Waals surface area contributed by atoms with Crippen molar-refractivity contribution in [3.63, 3.8) is 0 Å². The van der Waals surface area contributed by atoms with Crippen LogP contribution >= 0.6 is 0 Å². The minimum Gasteiger partial charge on any atom is -0.361 e. The number of anilines is 2. The molecule has 2 heterocycles. The van der Waals surface area contributed by atoms with E-state index in [0.29, 0.717) is 11.5 Å². The van der Waals surface area contributed by atoms with Gasteiger partial charge in [0.2, 0.25) is 5.95 Å². The molecule has 0 aromatic carbocycles. The highest BCUT2D eigenvalue weighted by Gasteiger charge is 2.11. The molecule has 19 heavy (non-hydrogen) atoms. The topological polar surface area (TPSA) is 58.1 Å². The van der Waals surface area contributed by atoms with Crippen LogP contribution in [0.5, 0.6) is 0 Å². The lowest BCUT2D eigenvalue weighted by molar-refractivity contribution is 0.102. The van der Waals surface area contributed by atoms with E-state index in [1.807, 2.05) is 14.1 Å². The second-order valence-corrected chi connectivity index (χ2v) is 4.09. The van der Waals surface area contributed by atoms with Gasteiger partial charge < -0.3 is 10.2 Å². The van der Waals surface area contributed by atoms with Crippen molar-refractivity contribution in [2.24, 2.45) is 0 Å². The Morgan fingerprint density at radius 3 is 2.74 bits per heavy atom. The molecule has 0 aliphatic rings. The molecule has 1 amide bonds. The minimum absolute atomic E-state index is 0.209. The van der Waals surface area contributed by atoms with E-state index in [4.69, 9.17) is 0 Å². The number of aromatic nitrogens is 2. The van der Waals surface area contributed by atoms with E-state index in [0.717, 1.165) is 6.07 Å². The molecule has 0 fully saturated rings. The quantitative estimate of drug-likeness (QED) is 0.857. The molecule has 0 aliphatic heterocycles. The van der Waals surface area contributed by atoms with E-state index in [1.54, 1.807) is 23.2 Å². The van der Waals surface area contributed by atoms with Crippen LogP contribution in [0.25, 0.3) is 0 Å². The second-order valence-electron chi connectivity index (χ2n) is 4.09. The van der Waals surface area contributed by atoms with Gasteiger partial charge in [0.1, 0.15) is 0 Å². The normalized spacial score (nSPS) is 10.1. The zero-order valence-electron chi connectivity index (χ0n) is 10.6. The molecule has 2 rings (SSSR count). The molecule has 0 aliphatic carbocycles. The van der Waals surface area contributed by atoms with Crippen molar-refractivity contribution in [1.82, 2.24) is 9.97 Å². The lowest BCUT2D eigenvalue weighted by Crippen LogP contribution is -2.17. The SMILES string of the molecule is CN(C)c1ncccc1NC(=O)c1ccnc(F)c1. The highest BCUT2D eigenvalue weighted by atomic mass is 19.1. The average molecular weight is 260 g/mol. The van der Waals surface area contributed by atoms with E-state index in [1.165, 1.54) is 12.3 Å². The third-order valence-electron chi connectivity index (χ3n) is 2.45. The smallest absolute Gasteiger partial charge is 0.255 e. The highest BCUT2D eigenvalue weighted by Crippen LogP contribution is 2.21. The van der Waals surface area contributed by atoms with Crippen LogP contribution in [-0.2, 0) is 0 Å². The molecule has 2 aromatic rings. The van der Waals surface area contributed by atoms with Crippen molar-refractivity contribution in [2.75, 3.05) is 24.3 Å². The molecule has 6 heteroatoms. The zero-order valence-corrected chi connectivity index (χ0v) is 10.6. The van der Waals surface area contributed by atoms with Crippen LogP contribution in [-0.4, -0.2) is 30.0 Å². The van der Waals surface area contributed by atoms with Gasteiger partial charge in [0.25, 0.3) is 5.91 Å². The third-order valence-corrected chi connectivity index (χ3v) is 2.45. The summed E-state index contributed by atoms with van der Waals surface area (Å²) in [4.78, 5) is 21.3. The van der Waals surface area contributed by atoms with Gasteiger partial charge in [-0.3, -0.25) is 4.79 Å². The molecule has 0 bridgehead atoms. The van der Waals surface area contributed by atoms with Crippen molar-refractivity contribution in [2.45, 2.75) is 0 Å². The Morgan fingerprint density at radius 1 is 1.26 bits per heavy atom. The third kappa shape index (κ3) is 3.04. The largest absolute Gasteiger partial charge is 0.361 e. The van der Waals surface area contributed by atoms with Crippen LogP contribution < -0.4 is 10.2 Å². The number of hydrogen-bond acceptors (Lipinski definition) is 4. The number of rotatable bonds is 3. The molecular weight excluding hydrogens is 247 g/mol. The summed E-state index contributed by atoms with van der Waals surface area (Å²) in [5.74, 6) is -0.463. The summed E-state index contributed by atoms with van der Waals surface area (Å²) < 4.78 is 13.0. The number of pyridine rings is 2. The number of nitrogens with one attached hydrogen (secondary N) is 1. The fourth-order valence-corrected chi connectivity index (χ4v) is 1.59. The summed E-state index contributed by atoms with van der Waals surface area (Å²) in [7, 11) is 3.65. The van der Waals surface area contributed by atoms with Gasteiger partial charge in [-0.25, -0.2) is 9.97 Å². The van der Waals surface area contributed by atoms with Crippen LogP contribution in [0.15, 0.2) is 36.7 Å².